The lowest BCUT2D eigenvalue weighted by molar-refractivity contribution is 0.300. The predicted octanol–water partition coefficient (Wildman–Crippen LogP) is 0.0846. The maximum Gasteiger partial charge on any atom is 0.331 e. The first-order valence-electron chi connectivity index (χ1n) is 5.77. The van der Waals surface area contributed by atoms with E-state index in [0.29, 0.717) is 11.4 Å². The van der Waals surface area contributed by atoms with E-state index in [9.17, 15) is 9.59 Å². The molecule has 1 fully saturated rings. The summed E-state index contributed by atoms with van der Waals surface area (Å²) < 4.78 is 7.32. The van der Waals surface area contributed by atoms with Crippen molar-refractivity contribution >= 4 is 0 Å². The molecule has 0 spiro atoms. The summed E-state index contributed by atoms with van der Waals surface area (Å²) in [6.07, 6.45) is 3.54. The Kier molecular flexibility index (Phi) is 2.39. The molecule has 1 aliphatic carbocycles. The van der Waals surface area contributed by atoms with Crippen LogP contribution in [0.2, 0.25) is 0 Å². The summed E-state index contributed by atoms with van der Waals surface area (Å²) in [6.45, 7) is 1.82. The molecule has 1 saturated carbocycles. The topological polar surface area (TPSA) is 82.9 Å². The van der Waals surface area contributed by atoms with E-state index >= 15 is 0 Å². The molecule has 0 aromatic carbocycles. The lowest BCUT2D eigenvalue weighted by atomic mass is 10.3. The van der Waals surface area contributed by atoms with Crippen LogP contribution in [0.5, 0.6) is 0 Å². The quantitative estimate of drug-likeness (QED) is 0.768. The molecule has 2 aromatic heterocycles. The van der Waals surface area contributed by atoms with E-state index in [1.165, 1.54) is 6.07 Å². The fraction of sp³-hybridized carbons (Fsp3) is 0.455. The molecule has 0 atom stereocenters. The van der Waals surface area contributed by atoms with Crippen molar-refractivity contribution in [3.8, 4) is 0 Å². The van der Waals surface area contributed by atoms with Crippen molar-refractivity contribution in [1.82, 2.24) is 19.4 Å². The van der Waals surface area contributed by atoms with Gasteiger partial charge < -0.3 is 0 Å². The molecule has 0 saturated heterocycles. The van der Waals surface area contributed by atoms with Crippen LogP contribution < -0.4 is 11.2 Å². The van der Waals surface area contributed by atoms with Crippen molar-refractivity contribution < 1.29 is 4.63 Å². The Morgan fingerprint density at radius 1 is 1.39 bits per heavy atom. The number of aryl methyl sites for hydroxylation is 1. The van der Waals surface area contributed by atoms with Crippen LogP contribution in [0.3, 0.4) is 0 Å². The molecule has 18 heavy (non-hydrogen) atoms. The van der Waals surface area contributed by atoms with Gasteiger partial charge in [-0.15, -0.1) is 0 Å². The van der Waals surface area contributed by atoms with Crippen molar-refractivity contribution in [2.45, 2.75) is 32.4 Å². The average molecular weight is 248 g/mol. The zero-order chi connectivity index (χ0) is 12.7. The summed E-state index contributed by atoms with van der Waals surface area (Å²) in [5.41, 5.74) is 0.456. The smallest absolute Gasteiger partial charge is 0.297 e. The molecule has 0 amide bonds. The molecule has 0 radical (unpaired) electrons. The summed E-state index contributed by atoms with van der Waals surface area (Å²) in [4.78, 5) is 23.9. The highest BCUT2D eigenvalue weighted by Crippen LogP contribution is 2.32. The Hall–Kier alpha value is -2.18. The largest absolute Gasteiger partial charge is 0.331 e. The van der Waals surface area contributed by atoms with Crippen LogP contribution in [0.25, 0.3) is 0 Å². The molecule has 94 valence electrons. The van der Waals surface area contributed by atoms with Gasteiger partial charge in [-0.2, -0.15) is 0 Å². The van der Waals surface area contributed by atoms with E-state index in [4.69, 9.17) is 0 Å². The summed E-state index contributed by atoms with van der Waals surface area (Å²) in [5.74, 6) is 0. The molecule has 3 rings (SSSR count). The van der Waals surface area contributed by atoms with E-state index in [2.05, 4.69) is 14.9 Å². The van der Waals surface area contributed by atoms with E-state index in [1.807, 2.05) is 0 Å². The van der Waals surface area contributed by atoms with Crippen molar-refractivity contribution in [3.63, 3.8) is 0 Å². The van der Waals surface area contributed by atoms with Crippen molar-refractivity contribution in [2.75, 3.05) is 0 Å². The minimum atomic E-state index is -0.334. The van der Waals surface area contributed by atoms with Gasteiger partial charge in [0.15, 0.2) is 0 Å². The summed E-state index contributed by atoms with van der Waals surface area (Å²) in [6, 6.07) is 1.64. The van der Waals surface area contributed by atoms with Crippen LogP contribution >= 0.6 is 0 Å². The van der Waals surface area contributed by atoms with Gasteiger partial charge in [0.25, 0.3) is 5.56 Å². The SMILES string of the molecule is Cc1nonc1Cn1c(=O)ccn(C2CC2)c1=O. The zero-order valence-corrected chi connectivity index (χ0v) is 9.87. The first-order chi connectivity index (χ1) is 8.66. The van der Waals surface area contributed by atoms with Gasteiger partial charge in [0.2, 0.25) is 0 Å². The molecule has 0 N–H and O–H groups in total. The molecule has 0 aliphatic heterocycles. The van der Waals surface area contributed by atoms with Gasteiger partial charge in [-0.05, 0) is 19.8 Å². The predicted molar refractivity (Wildman–Crippen MR) is 61.4 cm³/mol. The second kappa shape index (κ2) is 3.94. The molecule has 0 bridgehead atoms. The van der Waals surface area contributed by atoms with Gasteiger partial charge in [-0.3, -0.25) is 13.9 Å². The van der Waals surface area contributed by atoms with Crippen LogP contribution in [-0.2, 0) is 6.54 Å². The number of rotatable bonds is 3. The fourth-order valence-corrected chi connectivity index (χ4v) is 1.85. The van der Waals surface area contributed by atoms with Crippen molar-refractivity contribution in [3.05, 3.63) is 44.5 Å². The summed E-state index contributed by atoms with van der Waals surface area (Å²) >= 11 is 0. The Morgan fingerprint density at radius 3 is 2.78 bits per heavy atom. The molecule has 7 nitrogen and oxygen atoms in total. The molecule has 7 heteroatoms. The monoisotopic (exact) mass is 248 g/mol. The van der Waals surface area contributed by atoms with E-state index in [1.54, 1.807) is 17.7 Å². The van der Waals surface area contributed by atoms with Crippen LogP contribution in [0.4, 0.5) is 0 Å². The first kappa shape index (κ1) is 10.9. The van der Waals surface area contributed by atoms with Crippen molar-refractivity contribution in [1.29, 1.82) is 0 Å². The number of hydrogen-bond acceptors (Lipinski definition) is 5. The lowest BCUT2D eigenvalue weighted by Crippen LogP contribution is -2.39. The van der Waals surface area contributed by atoms with Gasteiger partial charge in [0, 0.05) is 18.3 Å². The molecular weight excluding hydrogens is 236 g/mol. The van der Waals surface area contributed by atoms with Gasteiger partial charge in [0.1, 0.15) is 11.4 Å². The Labute approximate surface area is 102 Å². The third-order valence-electron chi connectivity index (χ3n) is 3.09. The van der Waals surface area contributed by atoms with Gasteiger partial charge in [-0.1, -0.05) is 10.3 Å². The van der Waals surface area contributed by atoms with Gasteiger partial charge in [-0.25, -0.2) is 9.42 Å². The second-order valence-corrected chi connectivity index (χ2v) is 4.46. The second-order valence-electron chi connectivity index (χ2n) is 4.46. The van der Waals surface area contributed by atoms with E-state index < -0.39 is 0 Å². The summed E-state index contributed by atoms with van der Waals surface area (Å²) in [7, 11) is 0. The average Bonchev–Trinajstić information content (AvgIpc) is 3.09. The maximum atomic E-state index is 12.2. The van der Waals surface area contributed by atoms with Crippen LogP contribution in [0, 0.1) is 6.92 Å². The normalized spacial score (nSPS) is 14.9. The maximum absolute atomic E-state index is 12.2. The van der Waals surface area contributed by atoms with E-state index in [-0.39, 0.29) is 23.8 Å². The minimum Gasteiger partial charge on any atom is -0.297 e. The number of nitrogens with zero attached hydrogens (tertiary/aromatic N) is 4. The van der Waals surface area contributed by atoms with E-state index in [0.717, 1.165) is 17.4 Å². The molecule has 2 aromatic rings. The minimum absolute atomic E-state index is 0.0978. The third kappa shape index (κ3) is 1.77. The Morgan fingerprint density at radius 2 is 2.17 bits per heavy atom. The number of aromatic nitrogens is 4. The highest BCUT2D eigenvalue weighted by atomic mass is 16.6. The summed E-state index contributed by atoms with van der Waals surface area (Å²) in [5, 5.41) is 7.32. The molecular formula is C11H12N4O3. The lowest BCUT2D eigenvalue weighted by Gasteiger charge is -2.07. The molecule has 0 unspecified atom stereocenters. The number of hydrogen-bond donors (Lipinski definition) is 0. The fourth-order valence-electron chi connectivity index (χ4n) is 1.85. The van der Waals surface area contributed by atoms with Gasteiger partial charge in [0.05, 0.1) is 6.54 Å². The third-order valence-corrected chi connectivity index (χ3v) is 3.09. The van der Waals surface area contributed by atoms with Gasteiger partial charge >= 0.3 is 5.69 Å². The first-order valence-corrected chi connectivity index (χ1v) is 5.77. The Bertz CT molecular complexity index is 693. The highest BCUT2D eigenvalue weighted by molar-refractivity contribution is 5.06. The molecule has 2 heterocycles. The van der Waals surface area contributed by atoms with Crippen molar-refractivity contribution in [2.24, 2.45) is 0 Å². The Balaban J connectivity index is 2.06. The zero-order valence-electron chi connectivity index (χ0n) is 9.87. The highest BCUT2D eigenvalue weighted by Gasteiger charge is 2.25. The van der Waals surface area contributed by atoms with Crippen LogP contribution in [-0.4, -0.2) is 19.4 Å². The molecule has 1 aliphatic rings. The van der Waals surface area contributed by atoms with Crippen LogP contribution in [0.1, 0.15) is 30.3 Å². The van der Waals surface area contributed by atoms with Crippen LogP contribution in [0.15, 0.2) is 26.5 Å². The standard InChI is InChI=1S/C11H12N4O3/c1-7-9(13-18-12-7)6-15-10(16)4-5-14(11(15)17)8-2-3-8/h4-5,8H,2-3,6H2,1H3.